The molecule has 156 valence electrons. The molecule has 2 aromatic rings. The maximum Gasteiger partial charge on any atom is 0.338 e. The predicted molar refractivity (Wildman–Crippen MR) is 108 cm³/mol. The van der Waals surface area contributed by atoms with Gasteiger partial charge >= 0.3 is 5.97 Å². The van der Waals surface area contributed by atoms with Crippen LogP contribution in [-0.4, -0.2) is 39.2 Å². The molecular formula is C20H22ClNO6S. The van der Waals surface area contributed by atoms with Gasteiger partial charge in [-0.25, -0.2) is 17.9 Å². The van der Waals surface area contributed by atoms with Gasteiger partial charge in [-0.2, -0.15) is 0 Å². The Hall–Kier alpha value is -2.29. The molecule has 1 heterocycles. The Balaban J connectivity index is 1.69. The van der Waals surface area contributed by atoms with Crippen LogP contribution in [0.25, 0.3) is 0 Å². The summed E-state index contributed by atoms with van der Waals surface area (Å²) in [7, 11) is -3.91. The molecule has 0 aliphatic carbocycles. The Morgan fingerprint density at radius 2 is 1.90 bits per heavy atom. The first-order valence-electron chi connectivity index (χ1n) is 8.94. The van der Waals surface area contributed by atoms with Gasteiger partial charge in [0.25, 0.3) is 0 Å². The molecule has 3 rings (SSSR count). The molecule has 9 heteroatoms. The molecule has 0 fully saturated rings. The van der Waals surface area contributed by atoms with E-state index in [4.69, 9.17) is 25.8 Å². The molecule has 0 spiro atoms. The summed E-state index contributed by atoms with van der Waals surface area (Å²) in [4.78, 5) is 12.2. The summed E-state index contributed by atoms with van der Waals surface area (Å²) >= 11 is 6.05. The summed E-state index contributed by atoms with van der Waals surface area (Å²) in [5.41, 5.74) is -0.631. The van der Waals surface area contributed by atoms with Crippen molar-refractivity contribution in [3.05, 3.63) is 53.1 Å². The van der Waals surface area contributed by atoms with Gasteiger partial charge in [-0.15, -0.1) is 0 Å². The average molecular weight is 440 g/mol. The summed E-state index contributed by atoms with van der Waals surface area (Å²) in [5.74, 6) is 0.526. The quantitative estimate of drug-likeness (QED) is 0.718. The number of carbonyl (C=O) groups excluding carboxylic acids is 1. The van der Waals surface area contributed by atoms with E-state index < -0.39 is 27.6 Å². The van der Waals surface area contributed by atoms with Crippen molar-refractivity contribution in [2.24, 2.45) is 0 Å². The van der Waals surface area contributed by atoms with Crippen LogP contribution in [0.4, 0.5) is 0 Å². The van der Waals surface area contributed by atoms with Crippen LogP contribution in [0.15, 0.2) is 47.4 Å². The lowest BCUT2D eigenvalue weighted by atomic mass is 10.1. The molecule has 1 aliphatic heterocycles. The van der Waals surface area contributed by atoms with Gasteiger partial charge in [0.15, 0.2) is 17.6 Å². The van der Waals surface area contributed by atoms with Crippen LogP contribution in [0.5, 0.6) is 11.5 Å². The van der Waals surface area contributed by atoms with Crippen molar-refractivity contribution < 1.29 is 27.4 Å². The zero-order valence-corrected chi connectivity index (χ0v) is 17.8. The Morgan fingerprint density at radius 1 is 1.21 bits per heavy atom. The largest absolute Gasteiger partial charge is 0.486 e. The second kappa shape index (κ2) is 8.22. The van der Waals surface area contributed by atoms with Crippen molar-refractivity contribution in [3.63, 3.8) is 0 Å². The molecular weight excluding hydrogens is 418 g/mol. The zero-order chi connectivity index (χ0) is 21.2. The standard InChI is InChI=1S/C20H22ClNO6S/c1-20(2,3)22-29(24,25)18-10-13(8-9-15(18)21)19(23)27-12-14-11-26-16-6-4-5-7-17(16)28-14/h4-10,14,22H,11-12H2,1-3H3/t14-/m1/s1. The predicted octanol–water partition coefficient (Wildman–Crippen LogP) is 3.41. The molecule has 1 aliphatic rings. The van der Waals surface area contributed by atoms with Crippen LogP contribution in [-0.2, 0) is 14.8 Å². The van der Waals surface area contributed by atoms with Gasteiger partial charge in [0.05, 0.1) is 10.6 Å². The fraction of sp³-hybridized carbons (Fsp3) is 0.350. The van der Waals surface area contributed by atoms with E-state index in [-0.39, 0.29) is 28.7 Å². The van der Waals surface area contributed by atoms with E-state index in [2.05, 4.69) is 4.72 Å². The van der Waals surface area contributed by atoms with Crippen molar-refractivity contribution >= 4 is 27.6 Å². The fourth-order valence-corrected chi connectivity index (χ4v) is 4.64. The number of hydrogen-bond acceptors (Lipinski definition) is 6. The van der Waals surface area contributed by atoms with E-state index in [0.29, 0.717) is 11.5 Å². The number of carbonyl (C=O) groups is 1. The van der Waals surface area contributed by atoms with Crippen LogP contribution < -0.4 is 14.2 Å². The third-order valence-corrected chi connectivity index (χ3v) is 6.10. The summed E-state index contributed by atoms with van der Waals surface area (Å²) < 4.78 is 44.3. The molecule has 0 unspecified atom stereocenters. The van der Waals surface area contributed by atoms with E-state index in [1.54, 1.807) is 32.9 Å². The van der Waals surface area contributed by atoms with Gasteiger partial charge in [0.2, 0.25) is 10.0 Å². The topological polar surface area (TPSA) is 90.9 Å². The highest BCUT2D eigenvalue weighted by molar-refractivity contribution is 7.89. The van der Waals surface area contributed by atoms with Crippen LogP contribution in [0.3, 0.4) is 0 Å². The summed E-state index contributed by atoms with van der Waals surface area (Å²) in [6, 6.07) is 11.2. The number of para-hydroxylation sites is 2. The monoisotopic (exact) mass is 439 g/mol. The lowest BCUT2D eigenvalue weighted by Gasteiger charge is -2.26. The zero-order valence-electron chi connectivity index (χ0n) is 16.3. The minimum atomic E-state index is -3.91. The second-order valence-electron chi connectivity index (χ2n) is 7.60. The number of hydrogen-bond donors (Lipinski definition) is 1. The number of fused-ring (bicyclic) bond motifs is 1. The van der Waals surface area contributed by atoms with Crippen LogP contribution in [0.2, 0.25) is 5.02 Å². The number of benzene rings is 2. The van der Waals surface area contributed by atoms with Crippen LogP contribution in [0, 0.1) is 0 Å². The van der Waals surface area contributed by atoms with Gasteiger partial charge < -0.3 is 14.2 Å². The third-order valence-electron chi connectivity index (χ3n) is 3.86. The molecule has 0 saturated carbocycles. The van der Waals surface area contributed by atoms with Crippen LogP contribution in [0.1, 0.15) is 31.1 Å². The molecule has 0 saturated heterocycles. The molecule has 0 amide bonds. The number of nitrogens with one attached hydrogen (secondary N) is 1. The molecule has 29 heavy (non-hydrogen) atoms. The Kier molecular flexibility index (Phi) is 6.07. The van der Waals surface area contributed by atoms with Crippen molar-refractivity contribution in [1.82, 2.24) is 4.72 Å². The van der Waals surface area contributed by atoms with E-state index in [1.807, 2.05) is 12.1 Å². The first kappa shape index (κ1) is 21.4. The normalized spacial score (nSPS) is 16.3. The number of ether oxygens (including phenoxy) is 3. The lowest BCUT2D eigenvalue weighted by molar-refractivity contribution is 0.0109. The van der Waals surface area contributed by atoms with E-state index in [1.165, 1.54) is 18.2 Å². The number of sulfonamides is 1. The van der Waals surface area contributed by atoms with Crippen molar-refractivity contribution in [1.29, 1.82) is 0 Å². The molecule has 0 radical (unpaired) electrons. The number of rotatable bonds is 5. The summed E-state index contributed by atoms with van der Waals surface area (Å²) in [5, 5.41) is 0.0129. The minimum Gasteiger partial charge on any atom is -0.486 e. The number of halogens is 1. The van der Waals surface area contributed by atoms with Gasteiger partial charge in [0, 0.05) is 5.54 Å². The van der Waals surface area contributed by atoms with Crippen LogP contribution >= 0.6 is 11.6 Å². The van der Waals surface area contributed by atoms with Crippen molar-refractivity contribution in [2.45, 2.75) is 37.3 Å². The van der Waals surface area contributed by atoms with Gasteiger partial charge in [0.1, 0.15) is 18.1 Å². The molecule has 2 aromatic carbocycles. The minimum absolute atomic E-state index is 0.0129. The number of esters is 1. The third kappa shape index (κ3) is 5.41. The highest BCUT2D eigenvalue weighted by atomic mass is 35.5. The maximum absolute atomic E-state index is 12.6. The van der Waals surface area contributed by atoms with Crippen molar-refractivity contribution in [3.8, 4) is 11.5 Å². The van der Waals surface area contributed by atoms with Gasteiger partial charge in [-0.05, 0) is 51.1 Å². The maximum atomic E-state index is 12.6. The Morgan fingerprint density at radius 3 is 2.59 bits per heavy atom. The molecule has 0 aromatic heterocycles. The fourth-order valence-electron chi connectivity index (χ4n) is 2.69. The smallest absolute Gasteiger partial charge is 0.338 e. The first-order valence-corrected chi connectivity index (χ1v) is 10.8. The van der Waals surface area contributed by atoms with Crippen molar-refractivity contribution in [2.75, 3.05) is 13.2 Å². The molecule has 1 N–H and O–H groups in total. The van der Waals surface area contributed by atoms with Gasteiger partial charge in [-0.3, -0.25) is 0 Å². The Labute approximate surface area is 175 Å². The van der Waals surface area contributed by atoms with E-state index >= 15 is 0 Å². The summed E-state index contributed by atoms with van der Waals surface area (Å²) in [6.45, 7) is 5.32. The highest BCUT2D eigenvalue weighted by Gasteiger charge is 2.26. The first-order chi connectivity index (χ1) is 13.5. The average Bonchev–Trinajstić information content (AvgIpc) is 2.64. The second-order valence-corrected chi connectivity index (χ2v) is 9.65. The molecule has 7 nitrogen and oxygen atoms in total. The molecule has 1 atom stereocenters. The van der Waals surface area contributed by atoms with Gasteiger partial charge in [-0.1, -0.05) is 23.7 Å². The highest BCUT2D eigenvalue weighted by Crippen LogP contribution is 2.31. The van der Waals surface area contributed by atoms with E-state index in [0.717, 1.165) is 0 Å². The summed E-state index contributed by atoms with van der Waals surface area (Å²) in [6.07, 6.45) is -0.466. The Bertz CT molecular complexity index is 1020. The van der Waals surface area contributed by atoms with E-state index in [9.17, 15) is 13.2 Å². The molecule has 0 bridgehead atoms. The lowest BCUT2D eigenvalue weighted by Crippen LogP contribution is -2.40. The SMILES string of the molecule is CC(C)(C)NS(=O)(=O)c1cc(C(=O)OC[C@H]2COc3ccccc3O2)ccc1Cl.